The van der Waals surface area contributed by atoms with Crippen LogP contribution in [0.3, 0.4) is 0 Å². The fourth-order valence-electron chi connectivity index (χ4n) is 4.40. The largest absolute Gasteiger partial charge is 0.436 e. The SMILES string of the molecule is Cc1nc(C)c(C(=O)N2CCCC2c2cc3n(n2)[C@@H](C(F)(F)F)C[C@@H](C(C)C)N3)o1. The Labute approximate surface area is 172 Å². The number of aryl methyl sites for hydroxylation is 2. The first kappa shape index (κ1) is 20.7. The van der Waals surface area contributed by atoms with Crippen LogP contribution in [0.25, 0.3) is 0 Å². The van der Waals surface area contributed by atoms with Crippen LogP contribution in [-0.4, -0.2) is 44.3 Å². The van der Waals surface area contributed by atoms with E-state index >= 15 is 0 Å². The molecule has 1 fully saturated rings. The van der Waals surface area contributed by atoms with Crippen LogP contribution in [0.2, 0.25) is 0 Å². The number of oxazole rings is 1. The van der Waals surface area contributed by atoms with E-state index in [1.807, 2.05) is 13.8 Å². The Balaban J connectivity index is 1.66. The van der Waals surface area contributed by atoms with E-state index in [4.69, 9.17) is 4.42 Å². The van der Waals surface area contributed by atoms with Crippen LogP contribution in [0.1, 0.15) is 73.0 Å². The van der Waals surface area contributed by atoms with Crippen LogP contribution in [0.5, 0.6) is 0 Å². The van der Waals surface area contributed by atoms with Crippen molar-refractivity contribution in [3.63, 3.8) is 0 Å². The summed E-state index contributed by atoms with van der Waals surface area (Å²) in [7, 11) is 0. The van der Waals surface area contributed by atoms with Crippen LogP contribution < -0.4 is 5.32 Å². The maximum absolute atomic E-state index is 13.7. The molecule has 7 nitrogen and oxygen atoms in total. The van der Waals surface area contributed by atoms with Gasteiger partial charge in [-0.25, -0.2) is 9.67 Å². The van der Waals surface area contributed by atoms with Gasteiger partial charge in [-0.05, 0) is 32.1 Å². The number of hydrogen-bond donors (Lipinski definition) is 1. The molecule has 2 aliphatic rings. The summed E-state index contributed by atoms with van der Waals surface area (Å²) in [5.74, 6) is 0.671. The van der Waals surface area contributed by atoms with Crippen molar-refractivity contribution < 1.29 is 22.4 Å². The average Bonchev–Trinajstić information content (AvgIpc) is 3.36. The minimum Gasteiger partial charge on any atom is -0.436 e. The molecule has 0 spiro atoms. The summed E-state index contributed by atoms with van der Waals surface area (Å²) in [6.45, 7) is 7.67. The standard InChI is InChI=1S/C20H26F3N5O2/c1-10(2)13-8-16(20(21,22)23)28-17(25-13)9-14(26-28)15-6-5-7-27(15)19(29)18-11(3)24-12(4)30-18/h9-10,13,15-16,25H,5-8H2,1-4H3/t13-,15?,16+/m0/s1. The van der Waals surface area contributed by atoms with Gasteiger partial charge in [0.05, 0.1) is 17.4 Å². The number of hydrogen-bond acceptors (Lipinski definition) is 5. The highest BCUT2D eigenvalue weighted by molar-refractivity contribution is 5.93. The first-order valence-corrected chi connectivity index (χ1v) is 10.2. The smallest absolute Gasteiger partial charge is 0.410 e. The molecule has 30 heavy (non-hydrogen) atoms. The van der Waals surface area contributed by atoms with Crippen LogP contribution in [-0.2, 0) is 0 Å². The number of halogens is 3. The highest BCUT2D eigenvalue weighted by Crippen LogP contribution is 2.43. The van der Waals surface area contributed by atoms with Gasteiger partial charge in [-0.2, -0.15) is 18.3 Å². The van der Waals surface area contributed by atoms with Gasteiger partial charge in [0.15, 0.2) is 11.9 Å². The molecule has 1 amide bonds. The van der Waals surface area contributed by atoms with Crippen molar-refractivity contribution in [1.29, 1.82) is 0 Å². The van der Waals surface area contributed by atoms with E-state index in [1.54, 1.807) is 24.8 Å². The summed E-state index contributed by atoms with van der Waals surface area (Å²) in [4.78, 5) is 18.8. The first-order valence-electron chi connectivity index (χ1n) is 10.2. The van der Waals surface area contributed by atoms with Crippen LogP contribution in [0.15, 0.2) is 10.5 Å². The number of fused-ring (bicyclic) bond motifs is 1. The topological polar surface area (TPSA) is 76.2 Å². The Bertz CT molecular complexity index is 949. The zero-order valence-electron chi connectivity index (χ0n) is 17.5. The molecule has 2 aromatic heterocycles. The van der Waals surface area contributed by atoms with E-state index in [0.717, 1.165) is 11.1 Å². The average molecular weight is 425 g/mol. The molecule has 0 saturated carbocycles. The van der Waals surface area contributed by atoms with Gasteiger partial charge >= 0.3 is 6.18 Å². The van der Waals surface area contributed by atoms with Gasteiger partial charge in [0.2, 0.25) is 5.76 Å². The number of nitrogens with zero attached hydrogens (tertiary/aromatic N) is 4. The number of likely N-dealkylation sites (tertiary alicyclic amines) is 1. The summed E-state index contributed by atoms with van der Waals surface area (Å²) in [6.07, 6.45) is -3.08. The minimum absolute atomic E-state index is 0.0455. The number of amides is 1. The Morgan fingerprint density at radius 3 is 2.67 bits per heavy atom. The second kappa shape index (κ2) is 7.31. The molecule has 0 aliphatic carbocycles. The predicted molar refractivity (Wildman–Crippen MR) is 103 cm³/mol. The molecule has 3 atom stereocenters. The molecule has 0 bridgehead atoms. The number of carbonyl (C=O) groups is 1. The molecule has 1 N–H and O–H groups in total. The monoisotopic (exact) mass is 425 g/mol. The predicted octanol–water partition coefficient (Wildman–Crippen LogP) is 4.41. The molecule has 1 unspecified atom stereocenters. The van der Waals surface area contributed by atoms with Gasteiger partial charge in [0.1, 0.15) is 5.82 Å². The molecule has 0 radical (unpaired) electrons. The lowest BCUT2D eigenvalue weighted by Crippen LogP contribution is -2.41. The van der Waals surface area contributed by atoms with Gasteiger partial charge in [-0.3, -0.25) is 4.79 Å². The molecule has 1 saturated heterocycles. The molecule has 10 heteroatoms. The fraction of sp³-hybridized carbons (Fsp3) is 0.650. The van der Waals surface area contributed by atoms with E-state index in [1.165, 1.54) is 0 Å². The highest BCUT2D eigenvalue weighted by atomic mass is 19.4. The van der Waals surface area contributed by atoms with Crippen molar-refractivity contribution in [3.05, 3.63) is 29.1 Å². The van der Waals surface area contributed by atoms with Gasteiger partial charge in [0.25, 0.3) is 5.91 Å². The second-order valence-corrected chi connectivity index (χ2v) is 8.49. The van der Waals surface area contributed by atoms with E-state index in [-0.39, 0.29) is 30.0 Å². The van der Waals surface area contributed by atoms with E-state index in [2.05, 4.69) is 15.4 Å². The van der Waals surface area contributed by atoms with E-state index in [9.17, 15) is 18.0 Å². The van der Waals surface area contributed by atoms with E-state index in [0.29, 0.717) is 36.1 Å². The Kier molecular flexibility index (Phi) is 5.06. The number of rotatable bonds is 3. The number of aromatic nitrogens is 3. The lowest BCUT2D eigenvalue weighted by molar-refractivity contribution is -0.174. The zero-order chi connectivity index (χ0) is 21.8. The molecular formula is C20H26F3N5O2. The molecule has 2 aromatic rings. The van der Waals surface area contributed by atoms with Gasteiger partial charge in [-0.15, -0.1) is 0 Å². The lowest BCUT2D eigenvalue weighted by Gasteiger charge is -2.35. The van der Waals surface area contributed by atoms with Gasteiger partial charge < -0.3 is 14.6 Å². The number of carbonyl (C=O) groups excluding carboxylic acids is 1. The number of nitrogens with one attached hydrogen (secondary N) is 1. The van der Waals surface area contributed by atoms with E-state index < -0.39 is 18.3 Å². The Morgan fingerprint density at radius 1 is 1.33 bits per heavy atom. The van der Waals surface area contributed by atoms with Crippen molar-refractivity contribution in [3.8, 4) is 0 Å². The minimum atomic E-state index is -4.40. The summed E-state index contributed by atoms with van der Waals surface area (Å²) >= 11 is 0. The first-order chi connectivity index (χ1) is 14.1. The quantitative estimate of drug-likeness (QED) is 0.788. The summed E-state index contributed by atoms with van der Waals surface area (Å²) < 4.78 is 47.7. The maximum Gasteiger partial charge on any atom is 0.410 e. The summed E-state index contributed by atoms with van der Waals surface area (Å²) in [5, 5.41) is 7.52. The normalized spacial score (nSPS) is 24.3. The molecule has 4 heterocycles. The maximum atomic E-state index is 13.7. The van der Waals surface area contributed by atoms with Crippen LogP contribution >= 0.6 is 0 Å². The third-order valence-electron chi connectivity index (χ3n) is 6.00. The fourth-order valence-corrected chi connectivity index (χ4v) is 4.40. The highest BCUT2D eigenvalue weighted by Gasteiger charge is 2.47. The third kappa shape index (κ3) is 3.56. The van der Waals surface area contributed by atoms with Crippen LogP contribution in [0.4, 0.5) is 19.0 Å². The number of alkyl halides is 3. The molecule has 2 aliphatic heterocycles. The summed E-state index contributed by atoms with van der Waals surface area (Å²) in [5.41, 5.74) is 0.974. The Morgan fingerprint density at radius 2 is 2.07 bits per heavy atom. The number of anilines is 1. The summed E-state index contributed by atoms with van der Waals surface area (Å²) in [6, 6.07) is -0.717. The van der Waals surface area contributed by atoms with Crippen molar-refractivity contribution in [1.82, 2.24) is 19.7 Å². The molecule has 4 rings (SSSR count). The van der Waals surface area contributed by atoms with Gasteiger partial charge in [-0.1, -0.05) is 13.8 Å². The van der Waals surface area contributed by atoms with Gasteiger partial charge in [0, 0.05) is 25.6 Å². The molecule has 0 aromatic carbocycles. The Hall–Kier alpha value is -2.52. The van der Waals surface area contributed by atoms with Crippen molar-refractivity contribution in [2.45, 2.75) is 71.3 Å². The molecular weight excluding hydrogens is 399 g/mol. The second-order valence-electron chi connectivity index (χ2n) is 8.49. The van der Waals surface area contributed by atoms with Crippen molar-refractivity contribution in [2.24, 2.45) is 5.92 Å². The van der Waals surface area contributed by atoms with Crippen molar-refractivity contribution >= 4 is 11.7 Å². The third-order valence-corrected chi connectivity index (χ3v) is 6.00. The van der Waals surface area contributed by atoms with Crippen LogP contribution in [0, 0.1) is 19.8 Å². The lowest BCUT2D eigenvalue weighted by atomic mass is 9.94. The zero-order valence-corrected chi connectivity index (χ0v) is 17.5. The molecule has 164 valence electrons. The van der Waals surface area contributed by atoms with Crippen molar-refractivity contribution in [2.75, 3.05) is 11.9 Å².